The van der Waals surface area contributed by atoms with Crippen LogP contribution in [0.1, 0.15) is 47.1 Å². The van der Waals surface area contributed by atoms with Gasteiger partial charge in [0.2, 0.25) is 0 Å². The molecule has 6 heteroatoms. The molecule has 0 bridgehead atoms. The maximum absolute atomic E-state index is 12.2. The van der Waals surface area contributed by atoms with Gasteiger partial charge in [0, 0.05) is 29.5 Å². The molecule has 0 aliphatic rings. The number of carbonyl (C=O) groups is 2. The van der Waals surface area contributed by atoms with Gasteiger partial charge < -0.3 is 10.6 Å². The van der Waals surface area contributed by atoms with Gasteiger partial charge in [-0.3, -0.25) is 14.6 Å². The second kappa shape index (κ2) is 8.12. The molecule has 0 spiro atoms. The van der Waals surface area contributed by atoms with E-state index in [1.54, 1.807) is 6.07 Å². The monoisotopic (exact) mass is 359 g/mol. The lowest BCUT2D eigenvalue weighted by Crippen LogP contribution is -2.40. The highest BCUT2D eigenvalue weighted by atomic mass is 35.5. The number of nitrogens with one attached hydrogen (secondary N) is 2. The predicted molar refractivity (Wildman–Crippen MR) is 98.9 cm³/mol. The van der Waals surface area contributed by atoms with E-state index in [-0.39, 0.29) is 17.4 Å². The minimum atomic E-state index is -0.353. The first kappa shape index (κ1) is 18.9. The molecule has 2 aromatic rings. The van der Waals surface area contributed by atoms with E-state index in [4.69, 9.17) is 11.6 Å². The van der Waals surface area contributed by atoms with Crippen molar-refractivity contribution in [3.8, 4) is 0 Å². The fourth-order valence-electron chi connectivity index (χ4n) is 2.17. The van der Waals surface area contributed by atoms with Crippen molar-refractivity contribution in [1.29, 1.82) is 0 Å². The van der Waals surface area contributed by atoms with Gasteiger partial charge in [-0.1, -0.05) is 23.7 Å². The third kappa shape index (κ3) is 6.19. The Bertz CT molecular complexity index is 752. The van der Waals surface area contributed by atoms with E-state index >= 15 is 0 Å². The second-order valence-electron chi connectivity index (χ2n) is 6.80. The molecule has 0 aliphatic carbocycles. The van der Waals surface area contributed by atoms with E-state index in [0.29, 0.717) is 29.1 Å². The van der Waals surface area contributed by atoms with E-state index in [1.807, 2.05) is 45.0 Å². The van der Waals surface area contributed by atoms with Gasteiger partial charge in [-0.15, -0.1) is 0 Å². The van der Waals surface area contributed by atoms with Gasteiger partial charge in [0.25, 0.3) is 11.8 Å². The summed E-state index contributed by atoms with van der Waals surface area (Å²) in [6.45, 7) is 6.17. The first-order valence-corrected chi connectivity index (χ1v) is 8.42. The number of halogens is 1. The Morgan fingerprint density at radius 2 is 1.64 bits per heavy atom. The summed E-state index contributed by atoms with van der Waals surface area (Å²) in [4.78, 5) is 28.4. The standard InChI is InChI=1S/C19H22ClN3O2/c1-19(2,3)23-18(25)15-10-14(11-21-12-15)17(24)22-9-8-13-4-6-16(20)7-5-13/h4-7,10-12H,8-9H2,1-3H3,(H,22,24)(H,23,25). The number of pyridine rings is 1. The summed E-state index contributed by atoms with van der Waals surface area (Å²) in [5.41, 5.74) is 1.45. The van der Waals surface area contributed by atoms with E-state index in [9.17, 15) is 9.59 Å². The van der Waals surface area contributed by atoms with Crippen molar-refractivity contribution in [1.82, 2.24) is 15.6 Å². The minimum absolute atomic E-state index is 0.254. The van der Waals surface area contributed by atoms with Gasteiger partial charge >= 0.3 is 0 Å². The second-order valence-corrected chi connectivity index (χ2v) is 7.24. The van der Waals surface area contributed by atoms with Gasteiger partial charge in [-0.25, -0.2) is 0 Å². The van der Waals surface area contributed by atoms with Crippen LogP contribution < -0.4 is 10.6 Å². The Kier molecular flexibility index (Phi) is 6.15. The molecule has 2 N–H and O–H groups in total. The van der Waals surface area contributed by atoms with E-state index in [2.05, 4.69) is 15.6 Å². The van der Waals surface area contributed by atoms with Gasteiger partial charge in [0.15, 0.2) is 0 Å². The Morgan fingerprint density at radius 1 is 1.04 bits per heavy atom. The van der Waals surface area contributed by atoms with Gasteiger partial charge in [-0.2, -0.15) is 0 Å². The highest BCUT2D eigenvalue weighted by molar-refractivity contribution is 6.30. The normalized spacial score (nSPS) is 11.0. The lowest BCUT2D eigenvalue weighted by Gasteiger charge is -2.20. The highest BCUT2D eigenvalue weighted by Gasteiger charge is 2.17. The van der Waals surface area contributed by atoms with Crippen molar-refractivity contribution in [3.63, 3.8) is 0 Å². The SMILES string of the molecule is CC(C)(C)NC(=O)c1cncc(C(=O)NCCc2ccc(Cl)cc2)c1. The molecular weight excluding hydrogens is 338 g/mol. The summed E-state index contributed by atoms with van der Waals surface area (Å²) in [5.74, 6) is -0.511. The molecule has 1 aromatic heterocycles. The van der Waals surface area contributed by atoms with E-state index in [1.165, 1.54) is 12.4 Å². The first-order chi connectivity index (χ1) is 11.7. The topological polar surface area (TPSA) is 71.1 Å². The van der Waals surface area contributed by atoms with Crippen LogP contribution in [0.25, 0.3) is 0 Å². The number of benzene rings is 1. The Labute approximate surface area is 152 Å². The molecule has 5 nitrogen and oxygen atoms in total. The molecule has 2 amide bonds. The van der Waals surface area contributed by atoms with Crippen LogP contribution in [0.2, 0.25) is 5.02 Å². The maximum Gasteiger partial charge on any atom is 0.253 e. The Balaban J connectivity index is 1.94. The van der Waals surface area contributed by atoms with Crippen LogP contribution in [0.3, 0.4) is 0 Å². The number of carbonyl (C=O) groups excluding carboxylic acids is 2. The fraction of sp³-hybridized carbons (Fsp3) is 0.316. The van der Waals surface area contributed by atoms with Crippen molar-refractivity contribution in [2.45, 2.75) is 32.7 Å². The predicted octanol–water partition coefficient (Wildman–Crippen LogP) is 3.24. The summed E-state index contributed by atoms with van der Waals surface area (Å²) < 4.78 is 0. The zero-order chi connectivity index (χ0) is 18.4. The average molecular weight is 360 g/mol. The van der Waals surface area contributed by atoms with Crippen molar-refractivity contribution in [3.05, 3.63) is 64.4 Å². The zero-order valence-corrected chi connectivity index (χ0v) is 15.4. The molecule has 0 aliphatic heterocycles. The van der Waals surface area contributed by atoms with Crippen LogP contribution in [0, 0.1) is 0 Å². The van der Waals surface area contributed by atoms with Crippen LogP contribution in [0.4, 0.5) is 0 Å². The van der Waals surface area contributed by atoms with Crippen molar-refractivity contribution in [2.24, 2.45) is 0 Å². The number of hydrogen-bond donors (Lipinski definition) is 2. The molecular formula is C19H22ClN3O2. The smallest absolute Gasteiger partial charge is 0.253 e. The van der Waals surface area contributed by atoms with Gasteiger partial charge in [0.05, 0.1) is 11.1 Å². The van der Waals surface area contributed by atoms with E-state index in [0.717, 1.165) is 5.56 Å². The van der Waals surface area contributed by atoms with Crippen LogP contribution in [0.5, 0.6) is 0 Å². The van der Waals surface area contributed by atoms with Crippen LogP contribution in [-0.2, 0) is 6.42 Å². The molecule has 0 unspecified atom stereocenters. The number of aromatic nitrogens is 1. The highest BCUT2D eigenvalue weighted by Crippen LogP contribution is 2.10. The fourth-order valence-corrected chi connectivity index (χ4v) is 2.30. The Morgan fingerprint density at radius 3 is 2.24 bits per heavy atom. The summed E-state index contributed by atoms with van der Waals surface area (Å²) in [6, 6.07) is 9.03. The maximum atomic E-state index is 12.2. The van der Waals surface area contributed by atoms with Crippen LogP contribution in [0.15, 0.2) is 42.7 Å². The summed E-state index contributed by atoms with van der Waals surface area (Å²) in [7, 11) is 0. The van der Waals surface area contributed by atoms with E-state index < -0.39 is 0 Å². The van der Waals surface area contributed by atoms with Gasteiger partial charge in [0.1, 0.15) is 0 Å². The molecule has 0 atom stereocenters. The number of rotatable bonds is 5. The van der Waals surface area contributed by atoms with Crippen molar-refractivity contribution in [2.75, 3.05) is 6.54 Å². The molecule has 2 rings (SSSR count). The number of hydrogen-bond acceptors (Lipinski definition) is 3. The average Bonchev–Trinajstić information content (AvgIpc) is 2.55. The summed E-state index contributed by atoms with van der Waals surface area (Å²) in [6.07, 6.45) is 3.59. The molecule has 1 aromatic carbocycles. The Hall–Kier alpha value is -2.40. The largest absolute Gasteiger partial charge is 0.352 e. The lowest BCUT2D eigenvalue weighted by molar-refractivity contribution is 0.0919. The molecule has 0 saturated carbocycles. The van der Waals surface area contributed by atoms with Crippen molar-refractivity contribution < 1.29 is 9.59 Å². The molecule has 1 heterocycles. The molecule has 0 radical (unpaired) electrons. The van der Waals surface area contributed by atoms with Crippen LogP contribution in [-0.4, -0.2) is 28.9 Å². The quantitative estimate of drug-likeness (QED) is 0.860. The lowest BCUT2D eigenvalue weighted by atomic mass is 10.1. The zero-order valence-electron chi connectivity index (χ0n) is 14.6. The third-order valence-electron chi connectivity index (χ3n) is 3.36. The number of nitrogens with zero attached hydrogens (tertiary/aromatic N) is 1. The molecule has 25 heavy (non-hydrogen) atoms. The van der Waals surface area contributed by atoms with Crippen molar-refractivity contribution >= 4 is 23.4 Å². The first-order valence-electron chi connectivity index (χ1n) is 8.05. The number of amides is 2. The summed E-state index contributed by atoms with van der Waals surface area (Å²) >= 11 is 5.85. The molecule has 0 fully saturated rings. The molecule has 0 saturated heterocycles. The van der Waals surface area contributed by atoms with Gasteiger partial charge in [-0.05, 0) is 51.0 Å². The molecule has 132 valence electrons. The van der Waals surface area contributed by atoms with Crippen LogP contribution >= 0.6 is 11.6 Å². The third-order valence-corrected chi connectivity index (χ3v) is 3.62. The minimum Gasteiger partial charge on any atom is -0.352 e. The summed E-state index contributed by atoms with van der Waals surface area (Å²) in [5, 5.41) is 6.37.